The molecular formula is C19H28N4O3. The van der Waals surface area contributed by atoms with E-state index in [0.717, 1.165) is 63.4 Å². The molecule has 7 nitrogen and oxygen atoms in total. The van der Waals surface area contributed by atoms with E-state index in [-0.39, 0.29) is 12.0 Å². The van der Waals surface area contributed by atoms with Crippen LogP contribution >= 0.6 is 0 Å². The van der Waals surface area contributed by atoms with Crippen molar-refractivity contribution in [3.05, 3.63) is 23.7 Å². The number of guanidine groups is 1. The third-order valence-corrected chi connectivity index (χ3v) is 5.63. The zero-order valence-corrected chi connectivity index (χ0v) is 15.7. The monoisotopic (exact) mass is 360 g/mol. The van der Waals surface area contributed by atoms with Crippen LogP contribution in [0.5, 0.6) is 0 Å². The van der Waals surface area contributed by atoms with Crippen molar-refractivity contribution in [3.63, 3.8) is 0 Å². The first-order valence-electron chi connectivity index (χ1n) is 9.57. The van der Waals surface area contributed by atoms with Crippen LogP contribution in [0.1, 0.15) is 49.7 Å². The molecule has 0 radical (unpaired) electrons. The SMILES string of the molecule is CN(C)C1=NC2(CCN(Cc3ccc(C4CCCCO4)o3)CC2)C(=O)N1. The summed E-state index contributed by atoms with van der Waals surface area (Å²) in [7, 11) is 3.80. The summed E-state index contributed by atoms with van der Waals surface area (Å²) in [4.78, 5) is 21.3. The van der Waals surface area contributed by atoms with E-state index >= 15 is 0 Å². The predicted octanol–water partition coefficient (Wildman–Crippen LogP) is 1.90. The summed E-state index contributed by atoms with van der Waals surface area (Å²) < 4.78 is 11.8. The fourth-order valence-corrected chi connectivity index (χ4v) is 3.97. The van der Waals surface area contributed by atoms with E-state index in [4.69, 9.17) is 9.15 Å². The van der Waals surface area contributed by atoms with Gasteiger partial charge in [-0.05, 0) is 44.2 Å². The second kappa shape index (κ2) is 7.04. The number of carbonyl (C=O) groups excluding carboxylic acids is 1. The molecule has 0 aliphatic carbocycles. The van der Waals surface area contributed by atoms with Crippen LogP contribution < -0.4 is 5.32 Å². The van der Waals surface area contributed by atoms with Gasteiger partial charge in [0.05, 0.1) is 6.54 Å². The number of rotatable bonds is 3. The summed E-state index contributed by atoms with van der Waals surface area (Å²) in [5.41, 5.74) is -0.583. The topological polar surface area (TPSA) is 70.3 Å². The number of likely N-dealkylation sites (tertiary alicyclic amines) is 1. The molecule has 0 aromatic carbocycles. The highest BCUT2D eigenvalue weighted by Gasteiger charge is 2.46. The number of ether oxygens (including phenoxy) is 1. The maximum atomic E-state index is 12.4. The van der Waals surface area contributed by atoms with Gasteiger partial charge in [-0.15, -0.1) is 0 Å². The number of piperidine rings is 1. The maximum Gasteiger partial charge on any atom is 0.254 e. The molecule has 3 aliphatic rings. The molecule has 1 N–H and O–H groups in total. The summed E-state index contributed by atoms with van der Waals surface area (Å²) in [5.74, 6) is 2.63. The van der Waals surface area contributed by atoms with Gasteiger partial charge in [0.2, 0.25) is 5.96 Å². The number of carbonyl (C=O) groups is 1. The molecule has 26 heavy (non-hydrogen) atoms. The number of amides is 1. The third-order valence-electron chi connectivity index (χ3n) is 5.63. The van der Waals surface area contributed by atoms with Crippen molar-refractivity contribution in [3.8, 4) is 0 Å². The zero-order chi connectivity index (χ0) is 18.1. The first-order valence-corrected chi connectivity index (χ1v) is 9.57. The summed E-state index contributed by atoms with van der Waals surface area (Å²) in [6.45, 7) is 3.28. The van der Waals surface area contributed by atoms with E-state index in [1.807, 2.05) is 19.0 Å². The van der Waals surface area contributed by atoms with E-state index < -0.39 is 5.54 Å². The Balaban J connectivity index is 1.34. The summed E-state index contributed by atoms with van der Waals surface area (Å²) >= 11 is 0. The number of furan rings is 1. The smallest absolute Gasteiger partial charge is 0.254 e. The molecule has 1 aromatic heterocycles. The lowest BCUT2D eigenvalue weighted by Gasteiger charge is -2.34. The average Bonchev–Trinajstić information content (AvgIpc) is 3.24. The molecule has 4 heterocycles. The molecule has 142 valence electrons. The molecule has 1 aromatic rings. The fraction of sp³-hybridized carbons (Fsp3) is 0.684. The van der Waals surface area contributed by atoms with Crippen LogP contribution in [0.15, 0.2) is 21.5 Å². The Hall–Kier alpha value is -1.86. The number of hydrogen-bond donors (Lipinski definition) is 1. The van der Waals surface area contributed by atoms with Gasteiger partial charge in [-0.25, -0.2) is 4.99 Å². The van der Waals surface area contributed by atoms with Crippen LogP contribution in [0.25, 0.3) is 0 Å². The molecular weight excluding hydrogens is 332 g/mol. The van der Waals surface area contributed by atoms with Crippen LogP contribution in [0.3, 0.4) is 0 Å². The summed E-state index contributed by atoms with van der Waals surface area (Å²) in [6.07, 6.45) is 4.99. The molecule has 0 saturated carbocycles. The van der Waals surface area contributed by atoms with Gasteiger partial charge < -0.3 is 14.1 Å². The highest BCUT2D eigenvalue weighted by molar-refractivity contribution is 6.07. The number of aliphatic imine (C=N–C) groups is 1. The number of nitrogens with one attached hydrogen (secondary N) is 1. The summed E-state index contributed by atoms with van der Waals surface area (Å²) in [5, 5.41) is 2.90. The normalized spacial score (nSPS) is 26.0. The maximum absolute atomic E-state index is 12.4. The van der Waals surface area contributed by atoms with Crippen molar-refractivity contribution in [2.75, 3.05) is 33.8 Å². The first kappa shape index (κ1) is 17.5. The van der Waals surface area contributed by atoms with E-state index in [2.05, 4.69) is 27.3 Å². The Bertz CT molecular complexity index is 683. The largest absolute Gasteiger partial charge is 0.462 e. The van der Waals surface area contributed by atoms with E-state index in [1.165, 1.54) is 6.42 Å². The zero-order valence-electron chi connectivity index (χ0n) is 15.7. The Morgan fingerprint density at radius 1 is 1.31 bits per heavy atom. The second-order valence-corrected chi connectivity index (χ2v) is 7.75. The van der Waals surface area contributed by atoms with Gasteiger partial charge in [0.1, 0.15) is 23.2 Å². The lowest BCUT2D eigenvalue weighted by atomic mass is 9.88. The highest BCUT2D eigenvalue weighted by Crippen LogP contribution is 2.32. The number of nitrogens with zero attached hydrogens (tertiary/aromatic N) is 3. The van der Waals surface area contributed by atoms with E-state index in [1.54, 1.807) is 0 Å². The van der Waals surface area contributed by atoms with Crippen molar-refractivity contribution in [1.82, 2.24) is 15.1 Å². The first-order chi connectivity index (χ1) is 12.6. The molecule has 2 fully saturated rings. The van der Waals surface area contributed by atoms with Crippen molar-refractivity contribution in [1.29, 1.82) is 0 Å². The molecule has 0 bridgehead atoms. The average molecular weight is 360 g/mol. The van der Waals surface area contributed by atoms with Crippen LogP contribution in [0.4, 0.5) is 0 Å². The van der Waals surface area contributed by atoms with E-state index in [0.29, 0.717) is 5.96 Å². The lowest BCUT2D eigenvalue weighted by molar-refractivity contribution is -0.125. The summed E-state index contributed by atoms with van der Waals surface area (Å²) in [6, 6.07) is 4.11. The van der Waals surface area contributed by atoms with Crippen LogP contribution in [-0.2, 0) is 16.1 Å². The minimum absolute atomic E-state index is 0.0376. The standard InChI is InChI=1S/C19H28N4O3/c1-22(2)18-20-17(24)19(21-18)8-10-23(11-9-19)13-14-6-7-16(26-14)15-5-3-4-12-25-15/h6-7,15H,3-5,8-13H2,1-2H3,(H,20,21,24). The molecule has 4 rings (SSSR count). The molecule has 7 heteroatoms. The lowest BCUT2D eigenvalue weighted by Crippen LogP contribution is -2.49. The van der Waals surface area contributed by atoms with Crippen LogP contribution in [0, 0.1) is 0 Å². The van der Waals surface area contributed by atoms with Gasteiger partial charge in [-0.2, -0.15) is 0 Å². The van der Waals surface area contributed by atoms with Crippen molar-refractivity contribution >= 4 is 11.9 Å². The quantitative estimate of drug-likeness (QED) is 0.892. The highest BCUT2D eigenvalue weighted by atomic mass is 16.5. The molecule has 3 aliphatic heterocycles. The Morgan fingerprint density at radius 2 is 2.12 bits per heavy atom. The van der Waals surface area contributed by atoms with Crippen molar-refractivity contribution < 1.29 is 13.9 Å². The fourth-order valence-electron chi connectivity index (χ4n) is 3.97. The molecule has 2 saturated heterocycles. The van der Waals surface area contributed by atoms with Crippen LogP contribution in [-0.4, -0.2) is 61.0 Å². The van der Waals surface area contributed by atoms with E-state index in [9.17, 15) is 4.79 Å². The van der Waals surface area contributed by atoms with Gasteiger partial charge in [0.25, 0.3) is 5.91 Å². The third kappa shape index (κ3) is 3.38. The predicted molar refractivity (Wildman–Crippen MR) is 97.8 cm³/mol. The molecule has 1 amide bonds. The molecule has 1 spiro atoms. The molecule has 1 atom stereocenters. The van der Waals surface area contributed by atoms with Gasteiger partial charge >= 0.3 is 0 Å². The van der Waals surface area contributed by atoms with Crippen molar-refractivity contribution in [2.45, 2.75) is 50.3 Å². The van der Waals surface area contributed by atoms with Gasteiger partial charge in [0, 0.05) is 33.8 Å². The minimum Gasteiger partial charge on any atom is -0.462 e. The van der Waals surface area contributed by atoms with Crippen LogP contribution in [0.2, 0.25) is 0 Å². The van der Waals surface area contributed by atoms with Gasteiger partial charge in [-0.3, -0.25) is 15.0 Å². The number of hydrogen-bond acceptors (Lipinski definition) is 6. The van der Waals surface area contributed by atoms with Crippen molar-refractivity contribution in [2.24, 2.45) is 4.99 Å². The Kier molecular flexibility index (Phi) is 4.75. The second-order valence-electron chi connectivity index (χ2n) is 7.75. The Labute approximate surface area is 154 Å². The van der Waals surface area contributed by atoms with Gasteiger partial charge in [0.15, 0.2) is 0 Å². The Morgan fingerprint density at radius 3 is 2.77 bits per heavy atom. The molecule has 1 unspecified atom stereocenters. The van der Waals surface area contributed by atoms with Gasteiger partial charge in [-0.1, -0.05) is 0 Å². The minimum atomic E-state index is -0.583.